The Labute approximate surface area is 511 Å². The van der Waals surface area contributed by atoms with E-state index in [2.05, 4.69) is 33.5 Å². The van der Waals surface area contributed by atoms with Crippen molar-refractivity contribution in [3.63, 3.8) is 0 Å². The second-order valence-corrected chi connectivity index (χ2v) is 23.0. The second-order valence-electron chi connectivity index (χ2n) is 23.0. The molecule has 3 fully saturated rings. The van der Waals surface area contributed by atoms with E-state index >= 15 is 0 Å². The highest BCUT2D eigenvalue weighted by Crippen LogP contribution is 2.30. The van der Waals surface area contributed by atoms with Crippen LogP contribution in [0.5, 0.6) is 11.5 Å². The Bertz CT molecular complexity index is 3010. The number of benzene rings is 4. The summed E-state index contributed by atoms with van der Waals surface area (Å²) in [5.74, 6) is -8.25. The number of amides is 7. The lowest BCUT2D eigenvalue weighted by molar-refractivity contribution is -0.149. The predicted octanol–water partition coefficient (Wildman–Crippen LogP) is 0.0489. The molecule has 7 rings (SSSR count). The van der Waals surface area contributed by atoms with Crippen LogP contribution >= 0.6 is 0 Å². The molecule has 3 aliphatic rings. The van der Waals surface area contributed by atoms with Crippen molar-refractivity contribution in [2.45, 2.75) is 152 Å². The maximum absolute atomic E-state index is 14.8. The second kappa shape index (κ2) is 31.0. The minimum absolute atomic E-state index is 0.0466. The Morgan fingerprint density at radius 1 is 0.659 bits per heavy atom. The zero-order chi connectivity index (χ0) is 64.1. The molecule has 88 heavy (non-hydrogen) atoms. The molecule has 4 aromatic carbocycles. The molecule has 0 aliphatic carbocycles. The fourth-order valence-corrected chi connectivity index (χ4v) is 10.9. The smallest absolute Gasteiger partial charge is 0.251 e. The van der Waals surface area contributed by atoms with E-state index in [1.165, 1.54) is 43.3 Å². The van der Waals surface area contributed by atoms with Gasteiger partial charge in [0.1, 0.15) is 66.1 Å². The molecule has 3 aliphatic heterocycles. The lowest BCUT2D eigenvalue weighted by Crippen LogP contribution is -2.64. The van der Waals surface area contributed by atoms with E-state index in [9.17, 15) is 74.4 Å². The number of nitrogens with one attached hydrogen (secondary N) is 5. The molecular weight excluding hydrogens is 1140 g/mol. The van der Waals surface area contributed by atoms with Gasteiger partial charge >= 0.3 is 0 Å². The largest absolute Gasteiger partial charge is 0.508 e. The normalized spacial score (nSPS) is 26.5. The van der Waals surface area contributed by atoms with Gasteiger partial charge in [-0.2, -0.15) is 0 Å². The number of fused-ring (bicyclic) bond motifs is 2. The van der Waals surface area contributed by atoms with Gasteiger partial charge in [-0.25, -0.2) is 0 Å². The summed E-state index contributed by atoms with van der Waals surface area (Å²) in [4.78, 5) is 106. The Hall–Kier alpha value is -7.59. The van der Waals surface area contributed by atoms with Crippen LogP contribution in [0.1, 0.15) is 88.7 Å². The molecule has 3 saturated heterocycles. The van der Waals surface area contributed by atoms with Crippen molar-refractivity contribution < 1.29 is 83.9 Å². The van der Waals surface area contributed by atoms with Crippen LogP contribution in [-0.2, 0) is 33.5 Å². The Balaban J connectivity index is 1.23. The van der Waals surface area contributed by atoms with E-state index < -0.39 is 152 Å². The number of nitrogens with zero attached hydrogens (tertiary/aromatic N) is 3. The maximum Gasteiger partial charge on any atom is 0.251 e. The van der Waals surface area contributed by atoms with Gasteiger partial charge in [0.25, 0.3) is 5.91 Å². The van der Waals surface area contributed by atoms with Gasteiger partial charge in [0, 0.05) is 44.0 Å². The summed E-state index contributed by atoms with van der Waals surface area (Å²) < 4.78 is 11.9. The van der Waals surface area contributed by atoms with Crippen LogP contribution in [0, 0.1) is 5.92 Å². The number of carbonyl (C=O) groups excluding carboxylic acids is 7. The number of unbranched alkanes of at least 4 members (excludes halogenated alkanes) is 2. The Morgan fingerprint density at radius 3 is 1.77 bits per heavy atom. The van der Waals surface area contributed by atoms with Gasteiger partial charge in [0.05, 0.1) is 37.6 Å². The Kier molecular flexibility index (Phi) is 24.0. The summed E-state index contributed by atoms with van der Waals surface area (Å²) in [6.45, 7) is 8.17. The summed E-state index contributed by atoms with van der Waals surface area (Å²) in [6.07, 6.45) is -12.6. The van der Waals surface area contributed by atoms with Gasteiger partial charge in [-0.3, -0.25) is 33.6 Å². The first-order valence-corrected chi connectivity index (χ1v) is 29.8. The average Bonchev–Trinajstić information content (AvgIpc) is 3.31. The summed E-state index contributed by atoms with van der Waals surface area (Å²) in [7, 11) is 1.77. The number of aliphatic hydroxyl groups excluding tert-OH is 7. The minimum Gasteiger partial charge on any atom is -0.508 e. The molecule has 0 radical (unpaired) electrons. The van der Waals surface area contributed by atoms with Crippen LogP contribution in [-0.4, -0.2) is 222 Å². The highest BCUT2D eigenvalue weighted by molar-refractivity contribution is 6.00. The lowest BCUT2D eigenvalue weighted by Gasteiger charge is -2.34. The van der Waals surface area contributed by atoms with Crippen molar-refractivity contribution in [1.82, 2.24) is 41.3 Å². The highest BCUT2D eigenvalue weighted by atomic mass is 16.5. The number of hydrogen-bond donors (Lipinski definition) is 13. The van der Waals surface area contributed by atoms with Crippen LogP contribution in [0.4, 0.5) is 0 Å². The van der Waals surface area contributed by atoms with Gasteiger partial charge in [-0.05, 0) is 98.1 Å². The third-order valence-corrected chi connectivity index (χ3v) is 16.3. The number of aromatic hydroxyl groups is 1. The molecule has 0 aromatic heterocycles. The van der Waals surface area contributed by atoms with Gasteiger partial charge in [0.2, 0.25) is 35.4 Å². The quantitative estimate of drug-likeness (QED) is 0.0552. The van der Waals surface area contributed by atoms with Crippen molar-refractivity contribution in [3.8, 4) is 33.8 Å². The van der Waals surface area contributed by atoms with E-state index in [-0.39, 0.29) is 36.6 Å². The number of hydrogen-bond acceptors (Lipinski definition) is 18. The standard InChI is InChI=1S/C63H84N8O17/c1-7-9-10-28-87-45-25-21-40(22-26-45)38-13-11-37(12-14-38)39-15-17-42(18-16-39)56(80)64-46-31-48(76)61(88-29-27-69(6)8-2)68-60(84)52-53(77)34(3)32-71(52)63(86)50(36(5)73)66-59(83)51(55(79)54(78)41-19-23-43(74)24-20-41)67-58(82)47-30-44(75)33-70(47)62(85)49(35(4)72)65-57(46)81/h11-26,34-36,44,46-55,61,72-79H,7-10,27-33H2,1-6H3,(H,64,80)(H,65,81)(H,66,83)(H,67,82)(H,68,84)/t34-,35+,36+,44+,46+,47-,48+,49-,50-,51-,52-,53-,54-,55-,61+/m0/s1. The van der Waals surface area contributed by atoms with Crippen molar-refractivity contribution in [3.05, 3.63) is 108 Å². The van der Waals surface area contributed by atoms with Crippen LogP contribution in [0.15, 0.2) is 97.1 Å². The SMILES string of the molecule is CCCCCOc1ccc(-c2ccc(-c3ccc(C(=O)N[C@@H]4C[C@@H](O)[C@@H](OCCN(C)CC)NC(=O)[C@@H]5[C@@H](O)[C@@H](C)CN5C(=O)[C@H]([C@@H](C)O)NC(=O)[C@H]([C@H](O)[C@@H](O)c5ccc(O)cc5)NC(=O)[C@@H]5C[C@@H](O)CN5C(=O)[C@H]([C@@H](C)O)NC4=O)cc3)cc2)cc1. The average molecular weight is 1230 g/mol. The van der Waals surface area contributed by atoms with Gasteiger partial charge in [-0.1, -0.05) is 94.3 Å². The summed E-state index contributed by atoms with van der Waals surface area (Å²) in [5.41, 5.74) is 3.48. The number of likely N-dealkylation sites (N-methyl/N-ethyl adjacent to an activating group) is 1. The fourth-order valence-electron chi connectivity index (χ4n) is 10.9. The first-order chi connectivity index (χ1) is 41.9. The van der Waals surface area contributed by atoms with E-state index in [1.807, 2.05) is 60.4 Å². The zero-order valence-electron chi connectivity index (χ0n) is 50.3. The fraction of sp³-hybridized carbons (Fsp3) is 0.508. The van der Waals surface area contributed by atoms with Crippen LogP contribution in [0.25, 0.3) is 22.3 Å². The predicted molar refractivity (Wildman–Crippen MR) is 320 cm³/mol. The molecule has 478 valence electrons. The first-order valence-electron chi connectivity index (χ1n) is 29.8. The molecule has 15 atom stereocenters. The minimum atomic E-state index is -2.29. The lowest BCUT2D eigenvalue weighted by atomic mass is 9.96. The molecule has 7 amide bonds. The third kappa shape index (κ3) is 17.0. The van der Waals surface area contributed by atoms with Crippen molar-refractivity contribution in [1.29, 1.82) is 0 Å². The maximum atomic E-state index is 14.8. The summed E-state index contributed by atoms with van der Waals surface area (Å²) in [5, 5.41) is 103. The topological polar surface area (TPSA) is 370 Å². The molecule has 25 heteroatoms. The van der Waals surface area contributed by atoms with Crippen LogP contribution in [0.3, 0.4) is 0 Å². The molecule has 13 N–H and O–H groups in total. The van der Waals surface area contributed by atoms with Crippen molar-refractivity contribution in [2.75, 3.05) is 46.4 Å². The molecule has 0 unspecified atom stereocenters. The Morgan fingerprint density at radius 2 is 1.20 bits per heavy atom. The molecule has 25 nitrogen and oxygen atoms in total. The molecular formula is C63H84N8O17. The highest BCUT2D eigenvalue weighted by Gasteiger charge is 2.50. The number of aliphatic hydroxyl groups is 7. The summed E-state index contributed by atoms with van der Waals surface area (Å²) >= 11 is 0. The number of ether oxygens (including phenoxy) is 2. The number of carbonyl (C=O) groups is 7. The van der Waals surface area contributed by atoms with E-state index in [0.29, 0.717) is 13.2 Å². The molecule has 0 spiro atoms. The number of phenolic OH excluding ortho intramolecular Hbond substituents is 1. The van der Waals surface area contributed by atoms with Gasteiger partial charge in [0.15, 0.2) is 6.23 Å². The monoisotopic (exact) mass is 1220 g/mol. The third-order valence-electron chi connectivity index (χ3n) is 16.3. The molecule has 4 aromatic rings. The van der Waals surface area contributed by atoms with Crippen LogP contribution < -0.4 is 31.3 Å². The molecule has 0 bridgehead atoms. The zero-order valence-corrected chi connectivity index (χ0v) is 50.3. The summed E-state index contributed by atoms with van der Waals surface area (Å²) in [6, 6.07) is 15.3. The number of rotatable bonds is 19. The van der Waals surface area contributed by atoms with E-state index in [0.717, 1.165) is 70.9 Å². The van der Waals surface area contributed by atoms with Crippen molar-refractivity contribution in [2.24, 2.45) is 5.92 Å². The number of phenols is 1. The van der Waals surface area contributed by atoms with Crippen molar-refractivity contribution >= 4 is 41.4 Å². The van der Waals surface area contributed by atoms with Crippen LogP contribution in [0.2, 0.25) is 0 Å². The van der Waals surface area contributed by atoms with Gasteiger partial charge in [-0.15, -0.1) is 0 Å². The first kappa shape index (κ1) is 67.9. The van der Waals surface area contributed by atoms with E-state index in [4.69, 9.17) is 9.47 Å². The van der Waals surface area contributed by atoms with Gasteiger partial charge < -0.3 is 91.6 Å². The molecule has 0 saturated carbocycles. The molecule has 3 heterocycles. The van der Waals surface area contributed by atoms with E-state index in [1.54, 1.807) is 19.2 Å².